The Hall–Kier alpha value is -2.87. The van der Waals surface area contributed by atoms with E-state index in [2.05, 4.69) is 10.6 Å². The molecule has 0 aromatic heterocycles. The summed E-state index contributed by atoms with van der Waals surface area (Å²) in [5, 5.41) is 5.84. The van der Waals surface area contributed by atoms with Gasteiger partial charge < -0.3 is 20.1 Å². The third kappa shape index (κ3) is 3.17. The highest BCUT2D eigenvalue weighted by atomic mass is 32.2. The largest absolute Gasteiger partial charge is 0.497 e. The van der Waals surface area contributed by atoms with Crippen LogP contribution in [0.1, 0.15) is 19.4 Å². The normalized spacial score (nSPS) is 21.7. The lowest BCUT2D eigenvalue weighted by Crippen LogP contribution is -2.49. The van der Waals surface area contributed by atoms with Crippen molar-refractivity contribution in [2.24, 2.45) is 0 Å². The van der Waals surface area contributed by atoms with Crippen LogP contribution >= 0.6 is 11.8 Å². The number of carbonyl (C=O) groups excluding carboxylic acids is 2. The molecule has 0 aliphatic carbocycles. The number of thioether (sulfide) groups is 1. The number of hydrogen-bond donors (Lipinski definition) is 2. The van der Waals surface area contributed by atoms with Crippen LogP contribution in [-0.4, -0.2) is 42.3 Å². The molecule has 3 amide bonds. The summed E-state index contributed by atoms with van der Waals surface area (Å²) in [7, 11) is 3.17. The zero-order chi connectivity index (χ0) is 20.8. The van der Waals surface area contributed by atoms with E-state index in [0.29, 0.717) is 29.4 Å². The molecule has 2 heterocycles. The van der Waals surface area contributed by atoms with Crippen molar-refractivity contribution in [1.82, 2.24) is 4.90 Å². The van der Waals surface area contributed by atoms with Crippen molar-refractivity contribution in [2.75, 3.05) is 31.4 Å². The van der Waals surface area contributed by atoms with Crippen LogP contribution in [0.2, 0.25) is 0 Å². The topological polar surface area (TPSA) is 79.9 Å². The molecule has 8 heteroatoms. The first-order valence-corrected chi connectivity index (χ1v) is 10.0. The molecule has 1 fully saturated rings. The minimum Gasteiger partial charge on any atom is -0.497 e. The van der Waals surface area contributed by atoms with Gasteiger partial charge in [0.2, 0.25) is 0 Å². The third-order valence-corrected chi connectivity index (χ3v) is 6.68. The van der Waals surface area contributed by atoms with Crippen molar-refractivity contribution in [1.29, 1.82) is 0 Å². The maximum Gasteiger partial charge on any atom is 0.323 e. The Bertz CT molecular complexity index is 976. The lowest BCUT2D eigenvalue weighted by atomic mass is 10.0. The fourth-order valence-corrected chi connectivity index (χ4v) is 5.47. The van der Waals surface area contributed by atoms with Gasteiger partial charge in [-0.15, -0.1) is 11.8 Å². The van der Waals surface area contributed by atoms with Gasteiger partial charge in [-0.05, 0) is 56.3 Å². The van der Waals surface area contributed by atoms with Crippen molar-refractivity contribution < 1.29 is 19.1 Å². The first-order chi connectivity index (χ1) is 13.8. The van der Waals surface area contributed by atoms with Crippen molar-refractivity contribution in [2.45, 2.75) is 23.5 Å². The van der Waals surface area contributed by atoms with Crippen molar-refractivity contribution in [3.63, 3.8) is 0 Å². The van der Waals surface area contributed by atoms with E-state index in [1.54, 1.807) is 49.5 Å². The number of hydrogen-bond acceptors (Lipinski definition) is 5. The van der Waals surface area contributed by atoms with Crippen LogP contribution in [0.4, 0.5) is 16.2 Å². The SMILES string of the molecule is COc1ccc(NC(=O)N2CC(C)(C)S[C@@]23C(=O)Nc2ccc(OC)cc23)cc1. The molecule has 0 bridgehead atoms. The van der Waals surface area contributed by atoms with Crippen LogP contribution in [0.15, 0.2) is 42.5 Å². The Balaban J connectivity index is 1.72. The number of benzene rings is 2. The molecule has 0 saturated carbocycles. The Morgan fingerprint density at radius 3 is 2.41 bits per heavy atom. The number of fused-ring (bicyclic) bond motifs is 2. The number of nitrogens with one attached hydrogen (secondary N) is 2. The van der Waals surface area contributed by atoms with Crippen LogP contribution in [0, 0.1) is 0 Å². The molecule has 0 unspecified atom stereocenters. The Labute approximate surface area is 173 Å². The molecule has 152 valence electrons. The fraction of sp³-hybridized carbons (Fsp3) is 0.333. The van der Waals surface area contributed by atoms with Gasteiger partial charge in [0.25, 0.3) is 5.91 Å². The smallest absolute Gasteiger partial charge is 0.323 e. The van der Waals surface area contributed by atoms with Crippen LogP contribution in [-0.2, 0) is 9.67 Å². The second kappa shape index (κ2) is 6.88. The highest BCUT2D eigenvalue weighted by Crippen LogP contribution is 2.58. The van der Waals surface area contributed by atoms with Crippen LogP contribution < -0.4 is 20.1 Å². The zero-order valence-corrected chi connectivity index (χ0v) is 17.6. The van der Waals surface area contributed by atoms with Crippen molar-refractivity contribution >= 4 is 35.1 Å². The maximum absolute atomic E-state index is 13.3. The van der Waals surface area contributed by atoms with Crippen LogP contribution in [0.25, 0.3) is 0 Å². The quantitative estimate of drug-likeness (QED) is 0.799. The summed E-state index contributed by atoms with van der Waals surface area (Å²) >= 11 is 1.48. The predicted molar refractivity (Wildman–Crippen MR) is 114 cm³/mol. The van der Waals surface area contributed by atoms with E-state index in [-0.39, 0.29) is 16.7 Å². The molecule has 0 radical (unpaired) electrons. The van der Waals surface area contributed by atoms with Gasteiger partial charge in [0.05, 0.1) is 14.2 Å². The summed E-state index contributed by atoms with van der Waals surface area (Å²) in [6.45, 7) is 4.49. The fourth-order valence-electron chi connectivity index (χ4n) is 3.80. The maximum atomic E-state index is 13.3. The zero-order valence-electron chi connectivity index (χ0n) is 16.7. The van der Waals surface area contributed by atoms with Crippen molar-refractivity contribution in [3.05, 3.63) is 48.0 Å². The minimum absolute atomic E-state index is 0.221. The van der Waals surface area contributed by atoms with E-state index >= 15 is 0 Å². The summed E-state index contributed by atoms with van der Waals surface area (Å²) in [5.41, 5.74) is 2.07. The summed E-state index contributed by atoms with van der Waals surface area (Å²) in [4.78, 5) is 26.9. The minimum atomic E-state index is -1.15. The number of nitrogens with zero attached hydrogens (tertiary/aromatic N) is 1. The molecule has 2 aliphatic rings. The molecular formula is C21H23N3O4S. The molecule has 1 saturated heterocycles. The molecule has 29 heavy (non-hydrogen) atoms. The summed E-state index contributed by atoms with van der Waals surface area (Å²) < 4.78 is 10.2. The van der Waals surface area contributed by atoms with Gasteiger partial charge in [-0.1, -0.05) is 0 Å². The van der Waals surface area contributed by atoms with Crippen molar-refractivity contribution in [3.8, 4) is 11.5 Å². The standard InChI is InChI=1S/C21H23N3O4S/c1-20(2)12-24(19(26)22-13-5-7-14(27-3)8-6-13)21(29-20)16-11-15(28-4)9-10-17(16)23-18(21)25/h5-11H,12H2,1-4H3,(H,22,26)(H,23,25)/t21-/m0/s1. The molecule has 7 nitrogen and oxygen atoms in total. The molecule has 2 N–H and O–H groups in total. The Morgan fingerprint density at radius 2 is 1.76 bits per heavy atom. The van der Waals surface area contributed by atoms with Gasteiger partial charge in [0.1, 0.15) is 11.5 Å². The van der Waals surface area contributed by atoms with Crippen LogP contribution in [0.3, 0.4) is 0 Å². The van der Waals surface area contributed by atoms with Crippen LogP contribution in [0.5, 0.6) is 11.5 Å². The molecule has 1 spiro atoms. The highest BCUT2D eigenvalue weighted by molar-refractivity contribution is 8.02. The van der Waals surface area contributed by atoms with Gasteiger partial charge >= 0.3 is 6.03 Å². The van der Waals surface area contributed by atoms with E-state index in [9.17, 15) is 9.59 Å². The van der Waals surface area contributed by atoms with Gasteiger partial charge in [-0.3, -0.25) is 9.69 Å². The molecular weight excluding hydrogens is 390 g/mol. The average molecular weight is 413 g/mol. The highest BCUT2D eigenvalue weighted by Gasteiger charge is 2.61. The van der Waals surface area contributed by atoms with Gasteiger partial charge in [0, 0.05) is 28.2 Å². The lowest BCUT2D eigenvalue weighted by Gasteiger charge is -2.32. The number of rotatable bonds is 3. The number of ether oxygens (including phenoxy) is 2. The van der Waals surface area contributed by atoms with Gasteiger partial charge in [-0.25, -0.2) is 4.79 Å². The predicted octanol–water partition coefficient (Wildman–Crippen LogP) is 3.87. The van der Waals surface area contributed by atoms with Gasteiger partial charge in [0.15, 0.2) is 4.87 Å². The van der Waals surface area contributed by atoms with Gasteiger partial charge in [-0.2, -0.15) is 0 Å². The van der Waals surface area contributed by atoms with E-state index in [1.807, 2.05) is 26.0 Å². The number of methoxy groups -OCH3 is 2. The monoisotopic (exact) mass is 413 g/mol. The second-order valence-electron chi connectivity index (χ2n) is 7.62. The van der Waals surface area contributed by atoms with E-state index < -0.39 is 4.87 Å². The third-order valence-electron chi connectivity index (χ3n) is 5.08. The summed E-state index contributed by atoms with van der Waals surface area (Å²) in [6, 6.07) is 12.2. The molecule has 2 aliphatic heterocycles. The molecule has 2 aromatic rings. The number of carbonyl (C=O) groups is 2. The average Bonchev–Trinajstić information content (AvgIpc) is 3.15. The number of anilines is 2. The van der Waals surface area contributed by atoms with E-state index in [0.717, 1.165) is 5.56 Å². The number of urea groups is 1. The second-order valence-corrected chi connectivity index (χ2v) is 9.52. The first kappa shape index (κ1) is 19.4. The Morgan fingerprint density at radius 1 is 1.10 bits per heavy atom. The molecule has 2 aromatic carbocycles. The van der Waals surface area contributed by atoms with E-state index in [1.165, 1.54) is 11.8 Å². The summed E-state index contributed by atoms with van der Waals surface area (Å²) in [6.07, 6.45) is 0. The first-order valence-electron chi connectivity index (χ1n) is 9.22. The molecule has 1 atom stereocenters. The molecule has 4 rings (SSSR count). The number of amides is 3. The van der Waals surface area contributed by atoms with E-state index in [4.69, 9.17) is 9.47 Å². The Kier molecular flexibility index (Phi) is 4.61. The summed E-state index contributed by atoms with van der Waals surface area (Å²) in [5.74, 6) is 1.12. The lowest BCUT2D eigenvalue weighted by molar-refractivity contribution is -0.121.